The number of hydrogen-bond donors (Lipinski definition) is 2. The van der Waals surface area contributed by atoms with E-state index in [2.05, 4.69) is 34.7 Å². The molecule has 0 bridgehead atoms. The summed E-state index contributed by atoms with van der Waals surface area (Å²) in [5.41, 5.74) is 1.26. The van der Waals surface area contributed by atoms with Crippen molar-refractivity contribution in [2.24, 2.45) is 0 Å². The predicted molar refractivity (Wildman–Crippen MR) is 146 cm³/mol. The number of rotatable bonds is 8. The molecule has 0 aliphatic carbocycles. The highest BCUT2D eigenvalue weighted by Crippen LogP contribution is 2.28. The smallest absolute Gasteiger partial charge is 0.328 e. The minimum Gasteiger partial charge on any atom is -0.467 e. The fourth-order valence-corrected chi connectivity index (χ4v) is 5.99. The average Bonchev–Trinajstić information content (AvgIpc) is 3.34. The van der Waals surface area contributed by atoms with Crippen molar-refractivity contribution in [3.63, 3.8) is 0 Å². The molecule has 0 radical (unpaired) electrons. The quantitative estimate of drug-likeness (QED) is 0.257. The summed E-state index contributed by atoms with van der Waals surface area (Å²) in [5.74, 6) is -1.39. The van der Waals surface area contributed by atoms with Crippen LogP contribution in [0.4, 0.5) is 5.69 Å². The Morgan fingerprint density at radius 2 is 1.86 bits per heavy atom. The van der Waals surface area contributed by atoms with Crippen molar-refractivity contribution in [3.8, 4) is 0 Å². The standard InChI is InChI=1S/C23H17BrCl2N4O5S2/c1-35-23(32)19(10-12-5-8-15(25)16(26)9-12)27-22(31)14-7-6-13(24)11-18(14)30-37(33,34)20-4-2-3-17-21(20)29-36-28-17/h2-9,11,19,30H,10H2,1H3,(H,27,31)/t19-/m0/s1. The Bertz CT molecular complexity index is 1610. The first-order valence-corrected chi connectivity index (χ1v) is 14.2. The van der Waals surface area contributed by atoms with E-state index >= 15 is 0 Å². The molecule has 0 aliphatic heterocycles. The normalized spacial score (nSPS) is 12.2. The van der Waals surface area contributed by atoms with Gasteiger partial charge in [-0.2, -0.15) is 8.75 Å². The van der Waals surface area contributed by atoms with Crippen LogP contribution in [0.25, 0.3) is 11.0 Å². The van der Waals surface area contributed by atoms with Crippen molar-refractivity contribution < 1.29 is 22.7 Å². The summed E-state index contributed by atoms with van der Waals surface area (Å²) in [5, 5.41) is 3.26. The molecule has 1 aromatic heterocycles. The van der Waals surface area contributed by atoms with E-state index in [1.807, 2.05) is 0 Å². The Morgan fingerprint density at radius 1 is 1.08 bits per heavy atom. The fraction of sp³-hybridized carbons (Fsp3) is 0.130. The third-order valence-corrected chi connectivity index (χ3v) is 8.40. The molecule has 4 rings (SSSR count). The number of carbonyl (C=O) groups is 2. The van der Waals surface area contributed by atoms with Gasteiger partial charge in [0.05, 0.1) is 40.1 Å². The molecule has 0 saturated heterocycles. The third-order valence-electron chi connectivity index (χ3n) is 5.22. The summed E-state index contributed by atoms with van der Waals surface area (Å²) in [4.78, 5) is 25.6. The lowest BCUT2D eigenvalue weighted by molar-refractivity contribution is -0.142. The molecule has 37 heavy (non-hydrogen) atoms. The van der Waals surface area contributed by atoms with Crippen LogP contribution >= 0.6 is 50.9 Å². The molecule has 0 spiro atoms. The molecule has 1 amide bonds. The van der Waals surface area contributed by atoms with Gasteiger partial charge < -0.3 is 10.1 Å². The van der Waals surface area contributed by atoms with Crippen LogP contribution in [-0.4, -0.2) is 42.2 Å². The summed E-state index contributed by atoms with van der Waals surface area (Å²) in [6.07, 6.45) is 0.0612. The Morgan fingerprint density at radius 3 is 2.59 bits per heavy atom. The molecule has 9 nitrogen and oxygen atoms in total. The van der Waals surface area contributed by atoms with E-state index in [1.54, 1.807) is 36.4 Å². The number of hydrogen-bond acceptors (Lipinski definition) is 8. The maximum Gasteiger partial charge on any atom is 0.328 e. The van der Waals surface area contributed by atoms with Gasteiger partial charge in [0.15, 0.2) is 0 Å². The van der Waals surface area contributed by atoms with Crippen LogP contribution in [0, 0.1) is 0 Å². The van der Waals surface area contributed by atoms with E-state index in [1.165, 1.54) is 25.3 Å². The van der Waals surface area contributed by atoms with Gasteiger partial charge in [-0.15, -0.1) is 0 Å². The second-order valence-electron chi connectivity index (χ2n) is 7.69. The first-order chi connectivity index (χ1) is 17.6. The lowest BCUT2D eigenvalue weighted by Gasteiger charge is -2.19. The number of fused-ring (bicyclic) bond motifs is 1. The summed E-state index contributed by atoms with van der Waals surface area (Å²) >= 11 is 16.2. The number of benzene rings is 3. The van der Waals surface area contributed by atoms with Crippen molar-refractivity contribution in [1.82, 2.24) is 14.1 Å². The van der Waals surface area contributed by atoms with E-state index in [0.717, 1.165) is 11.7 Å². The molecule has 1 atom stereocenters. The minimum absolute atomic E-state index is 0.00906. The zero-order valence-corrected chi connectivity index (χ0v) is 23.6. The number of nitrogens with one attached hydrogen (secondary N) is 2. The molecule has 14 heteroatoms. The molecule has 4 aromatic rings. The number of sulfonamides is 1. The largest absolute Gasteiger partial charge is 0.467 e. The van der Waals surface area contributed by atoms with Crippen LogP contribution < -0.4 is 10.0 Å². The van der Waals surface area contributed by atoms with Crippen LogP contribution in [0.15, 0.2) is 64.0 Å². The topological polar surface area (TPSA) is 127 Å². The number of halogens is 3. The maximum absolute atomic E-state index is 13.3. The van der Waals surface area contributed by atoms with Gasteiger partial charge >= 0.3 is 5.97 Å². The number of methoxy groups -OCH3 is 1. The molecule has 0 unspecified atom stereocenters. The number of ether oxygens (including phenoxy) is 1. The van der Waals surface area contributed by atoms with Gasteiger partial charge in [-0.05, 0) is 48.0 Å². The molecule has 2 N–H and O–H groups in total. The second kappa shape index (κ2) is 11.3. The van der Waals surface area contributed by atoms with Crippen molar-refractivity contribution in [2.75, 3.05) is 11.8 Å². The first-order valence-electron chi connectivity index (χ1n) is 10.5. The predicted octanol–water partition coefficient (Wildman–Crippen LogP) is 5.08. The fourth-order valence-electron chi connectivity index (χ4n) is 3.47. The number of nitrogens with zero attached hydrogens (tertiary/aromatic N) is 2. The van der Waals surface area contributed by atoms with Gasteiger partial charge in [0.25, 0.3) is 15.9 Å². The van der Waals surface area contributed by atoms with Gasteiger partial charge in [-0.1, -0.05) is 51.3 Å². The zero-order valence-electron chi connectivity index (χ0n) is 18.9. The van der Waals surface area contributed by atoms with Gasteiger partial charge in [0.1, 0.15) is 22.0 Å². The summed E-state index contributed by atoms with van der Waals surface area (Å²) in [6, 6.07) is 12.8. The van der Waals surface area contributed by atoms with Gasteiger partial charge in [-0.25, -0.2) is 13.2 Å². The summed E-state index contributed by atoms with van der Waals surface area (Å²) in [6.45, 7) is 0. The zero-order chi connectivity index (χ0) is 26.7. The van der Waals surface area contributed by atoms with Crippen molar-refractivity contribution >= 4 is 89.5 Å². The lowest BCUT2D eigenvalue weighted by Crippen LogP contribution is -2.43. The van der Waals surface area contributed by atoms with Gasteiger partial charge in [0.2, 0.25) is 0 Å². The van der Waals surface area contributed by atoms with Crippen LogP contribution in [-0.2, 0) is 26.0 Å². The molecular formula is C23H17BrCl2N4O5S2. The number of amides is 1. The Labute approximate surface area is 234 Å². The van der Waals surface area contributed by atoms with Gasteiger partial charge in [0, 0.05) is 10.9 Å². The minimum atomic E-state index is -4.15. The van der Waals surface area contributed by atoms with Crippen LogP contribution in [0.2, 0.25) is 10.0 Å². The highest BCUT2D eigenvalue weighted by Gasteiger charge is 2.26. The van der Waals surface area contributed by atoms with Crippen molar-refractivity contribution in [1.29, 1.82) is 0 Å². The van der Waals surface area contributed by atoms with Crippen LogP contribution in [0.5, 0.6) is 0 Å². The molecular weight excluding hydrogens is 627 g/mol. The van der Waals surface area contributed by atoms with E-state index in [-0.39, 0.29) is 28.1 Å². The van der Waals surface area contributed by atoms with Crippen LogP contribution in [0.1, 0.15) is 15.9 Å². The van der Waals surface area contributed by atoms with E-state index in [0.29, 0.717) is 25.6 Å². The summed E-state index contributed by atoms with van der Waals surface area (Å²) in [7, 11) is -2.96. The van der Waals surface area contributed by atoms with Crippen molar-refractivity contribution in [3.05, 3.63) is 80.2 Å². The number of esters is 1. The molecule has 0 saturated carbocycles. The molecule has 192 valence electrons. The second-order valence-corrected chi connectivity index (χ2v) is 11.6. The Hall–Kier alpha value is -2.77. The first kappa shape index (κ1) is 27.3. The molecule has 0 fully saturated rings. The highest BCUT2D eigenvalue weighted by atomic mass is 79.9. The monoisotopic (exact) mass is 642 g/mol. The van der Waals surface area contributed by atoms with Crippen LogP contribution in [0.3, 0.4) is 0 Å². The van der Waals surface area contributed by atoms with Gasteiger partial charge in [-0.3, -0.25) is 9.52 Å². The number of anilines is 1. The highest BCUT2D eigenvalue weighted by molar-refractivity contribution is 9.10. The van der Waals surface area contributed by atoms with Crippen molar-refractivity contribution in [2.45, 2.75) is 17.4 Å². The number of carbonyl (C=O) groups excluding carboxylic acids is 2. The number of aromatic nitrogens is 2. The Kier molecular flexibility index (Phi) is 8.34. The summed E-state index contributed by atoms with van der Waals surface area (Å²) < 4.78 is 42.5. The SMILES string of the molecule is COC(=O)[C@H](Cc1ccc(Cl)c(Cl)c1)NC(=O)c1ccc(Br)cc1NS(=O)(=O)c1cccc2nsnc12. The maximum atomic E-state index is 13.3. The average molecular weight is 644 g/mol. The lowest BCUT2D eigenvalue weighted by atomic mass is 10.0. The molecule has 0 aliphatic rings. The van der Waals surface area contributed by atoms with E-state index in [9.17, 15) is 18.0 Å². The third kappa shape index (κ3) is 6.21. The Balaban J connectivity index is 1.63. The van der Waals surface area contributed by atoms with E-state index < -0.39 is 27.9 Å². The molecule has 1 heterocycles. The van der Waals surface area contributed by atoms with E-state index in [4.69, 9.17) is 27.9 Å². The molecule has 3 aromatic carbocycles.